The third-order valence-corrected chi connectivity index (χ3v) is 5.33. The first kappa shape index (κ1) is 21.4. The molecule has 2 N–H and O–H groups in total. The van der Waals surface area contributed by atoms with Crippen LogP contribution >= 0.6 is 0 Å². The van der Waals surface area contributed by atoms with E-state index in [9.17, 15) is 9.59 Å². The molecule has 1 atom stereocenters. The van der Waals surface area contributed by atoms with Crippen LogP contribution in [0.25, 0.3) is 0 Å². The van der Waals surface area contributed by atoms with Crippen LogP contribution in [0, 0.1) is 19.8 Å². The quantitative estimate of drug-likeness (QED) is 0.766. The number of hydrogen-bond acceptors (Lipinski definition) is 4. The van der Waals surface area contributed by atoms with Gasteiger partial charge in [0, 0.05) is 37.9 Å². The molecule has 2 amide bonds. The third kappa shape index (κ3) is 6.63. The van der Waals surface area contributed by atoms with E-state index in [1.54, 1.807) is 0 Å². The zero-order valence-electron chi connectivity index (χ0n) is 17.3. The van der Waals surface area contributed by atoms with Crippen LogP contribution in [0.5, 0.6) is 0 Å². The van der Waals surface area contributed by atoms with Crippen molar-refractivity contribution in [1.29, 1.82) is 0 Å². The number of para-hydroxylation sites is 1. The lowest BCUT2D eigenvalue weighted by molar-refractivity contribution is -0.124. The molecule has 1 aromatic carbocycles. The van der Waals surface area contributed by atoms with Crippen molar-refractivity contribution in [3.05, 3.63) is 29.3 Å². The van der Waals surface area contributed by atoms with E-state index in [2.05, 4.69) is 34.3 Å². The van der Waals surface area contributed by atoms with Crippen LogP contribution in [0.4, 0.5) is 5.69 Å². The summed E-state index contributed by atoms with van der Waals surface area (Å²) in [5.41, 5.74) is 3.07. The van der Waals surface area contributed by atoms with Crippen LogP contribution in [-0.4, -0.2) is 66.9 Å². The molecule has 6 heteroatoms. The van der Waals surface area contributed by atoms with E-state index < -0.39 is 0 Å². The second-order valence-electron chi connectivity index (χ2n) is 7.97. The van der Waals surface area contributed by atoms with E-state index in [0.717, 1.165) is 43.0 Å². The van der Waals surface area contributed by atoms with Gasteiger partial charge in [0.25, 0.3) is 0 Å². The number of anilines is 1. The summed E-state index contributed by atoms with van der Waals surface area (Å²) in [7, 11) is 0. The first-order valence-electron chi connectivity index (χ1n) is 9.86. The van der Waals surface area contributed by atoms with Gasteiger partial charge in [-0.1, -0.05) is 32.0 Å². The van der Waals surface area contributed by atoms with Crippen molar-refractivity contribution >= 4 is 17.5 Å². The van der Waals surface area contributed by atoms with Gasteiger partial charge in [-0.05, 0) is 37.8 Å². The zero-order valence-corrected chi connectivity index (χ0v) is 17.3. The Hall–Kier alpha value is -1.92. The van der Waals surface area contributed by atoms with Crippen LogP contribution < -0.4 is 10.6 Å². The molecule has 1 aromatic rings. The van der Waals surface area contributed by atoms with Gasteiger partial charge in [0.1, 0.15) is 0 Å². The van der Waals surface area contributed by atoms with E-state index >= 15 is 0 Å². The van der Waals surface area contributed by atoms with Crippen molar-refractivity contribution in [2.75, 3.05) is 44.6 Å². The van der Waals surface area contributed by atoms with Crippen molar-refractivity contribution in [3.63, 3.8) is 0 Å². The summed E-state index contributed by atoms with van der Waals surface area (Å²) in [5, 5.41) is 6.09. The molecular weight excluding hydrogens is 340 g/mol. The van der Waals surface area contributed by atoms with Crippen molar-refractivity contribution in [3.8, 4) is 0 Å². The fourth-order valence-electron chi connectivity index (χ4n) is 3.17. The summed E-state index contributed by atoms with van der Waals surface area (Å²) in [5.74, 6) is 0.531. The molecule has 1 aliphatic heterocycles. The number of carbonyl (C=O) groups excluding carboxylic acids is 2. The standard InChI is InChI=1S/C21H34N4O2/c1-15(2)18(5)22-19(26)13-24-9-11-25(12-10-24)14-20(27)23-21-16(3)7-6-8-17(21)4/h6-8,15,18H,9-14H2,1-5H3,(H,22,26)(H,23,27)/t18-/m1/s1. The molecule has 0 aromatic heterocycles. The number of hydrogen-bond donors (Lipinski definition) is 2. The van der Waals surface area contributed by atoms with Gasteiger partial charge >= 0.3 is 0 Å². The van der Waals surface area contributed by atoms with Gasteiger partial charge in [-0.15, -0.1) is 0 Å². The molecule has 1 saturated heterocycles. The Bertz CT molecular complexity index is 631. The SMILES string of the molecule is Cc1cccc(C)c1NC(=O)CN1CCN(CC(=O)N[C@H](C)C(C)C)CC1. The molecule has 1 fully saturated rings. The molecular formula is C21H34N4O2. The Kier molecular flexibility index (Phi) is 7.80. The average molecular weight is 375 g/mol. The lowest BCUT2D eigenvalue weighted by Gasteiger charge is -2.34. The molecule has 0 bridgehead atoms. The van der Waals surface area contributed by atoms with Crippen LogP contribution in [0.3, 0.4) is 0 Å². The highest BCUT2D eigenvalue weighted by Gasteiger charge is 2.21. The van der Waals surface area contributed by atoms with E-state index in [4.69, 9.17) is 0 Å². The summed E-state index contributed by atoms with van der Waals surface area (Å²) in [6.07, 6.45) is 0. The number of benzene rings is 1. The lowest BCUT2D eigenvalue weighted by Crippen LogP contribution is -2.51. The number of nitrogens with zero attached hydrogens (tertiary/aromatic N) is 2. The highest BCUT2D eigenvalue weighted by atomic mass is 16.2. The normalized spacial score (nSPS) is 17.0. The summed E-state index contributed by atoms with van der Waals surface area (Å²) in [6.45, 7) is 14.3. The van der Waals surface area contributed by atoms with Crippen molar-refractivity contribution in [2.24, 2.45) is 5.92 Å². The Morgan fingerprint density at radius 3 is 1.89 bits per heavy atom. The monoisotopic (exact) mass is 374 g/mol. The Morgan fingerprint density at radius 1 is 0.926 bits per heavy atom. The number of amides is 2. The maximum atomic E-state index is 12.4. The molecule has 1 heterocycles. The average Bonchev–Trinajstić information content (AvgIpc) is 2.60. The van der Waals surface area contributed by atoms with Crippen molar-refractivity contribution < 1.29 is 9.59 Å². The van der Waals surface area contributed by atoms with Gasteiger partial charge in [0.05, 0.1) is 13.1 Å². The molecule has 0 unspecified atom stereocenters. The van der Waals surface area contributed by atoms with Crippen LogP contribution in [0.2, 0.25) is 0 Å². The Balaban J connectivity index is 1.74. The minimum atomic E-state index is 0.0179. The van der Waals surface area contributed by atoms with Gasteiger partial charge in [-0.25, -0.2) is 0 Å². The summed E-state index contributed by atoms with van der Waals surface area (Å²) in [6, 6.07) is 6.20. The molecule has 1 aliphatic rings. The molecule has 150 valence electrons. The topological polar surface area (TPSA) is 64.7 Å². The largest absolute Gasteiger partial charge is 0.352 e. The molecule has 2 rings (SSSR count). The Labute approximate surface area is 163 Å². The van der Waals surface area contributed by atoms with E-state index in [0.29, 0.717) is 19.0 Å². The fraction of sp³-hybridized carbons (Fsp3) is 0.619. The van der Waals surface area contributed by atoms with Gasteiger partial charge in [-0.2, -0.15) is 0 Å². The predicted molar refractivity (Wildman–Crippen MR) is 110 cm³/mol. The number of piperazine rings is 1. The first-order valence-corrected chi connectivity index (χ1v) is 9.86. The molecule has 6 nitrogen and oxygen atoms in total. The number of nitrogens with one attached hydrogen (secondary N) is 2. The summed E-state index contributed by atoms with van der Waals surface area (Å²) < 4.78 is 0. The molecule has 27 heavy (non-hydrogen) atoms. The summed E-state index contributed by atoms with van der Waals surface area (Å²) in [4.78, 5) is 28.8. The maximum absolute atomic E-state index is 12.4. The van der Waals surface area contributed by atoms with Gasteiger partial charge in [-0.3, -0.25) is 19.4 Å². The second-order valence-corrected chi connectivity index (χ2v) is 7.97. The first-order chi connectivity index (χ1) is 12.8. The highest BCUT2D eigenvalue weighted by Crippen LogP contribution is 2.19. The third-order valence-electron chi connectivity index (χ3n) is 5.33. The fourth-order valence-corrected chi connectivity index (χ4v) is 3.17. The number of carbonyl (C=O) groups is 2. The molecule has 0 saturated carbocycles. The number of rotatable bonds is 7. The van der Waals surface area contributed by atoms with Crippen molar-refractivity contribution in [2.45, 2.75) is 40.7 Å². The predicted octanol–water partition coefficient (Wildman–Crippen LogP) is 2.02. The minimum absolute atomic E-state index is 0.0179. The van der Waals surface area contributed by atoms with Gasteiger partial charge < -0.3 is 10.6 Å². The van der Waals surface area contributed by atoms with Crippen molar-refractivity contribution in [1.82, 2.24) is 15.1 Å². The van der Waals surface area contributed by atoms with E-state index in [-0.39, 0.29) is 17.9 Å². The second kappa shape index (κ2) is 9.85. The Morgan fingerprint density at radius 2 is 1.41 bits per heavy atom. The number of aryl methyl sites for hydroxylation is 2. The minimum Gasteiger partial charge on any atom is -0.352 e. The maximum Gasteiger partial charge on any atom is 0.238 e. The van der Waals surface area contributed by atoms with Crippen LogP contribution in [0.15, 0.2) is 18.2 Å². The van der Waals surface area contributed by atoms with Gasteiger partial charge in [0.15, 0.2) is 0 Å². The van der Waals surface area contributed by atoms with Crippen LogP contribution in [-0.2, 0) is 9.59 Å². The molecule has 0 radical (unpaired) electrons. The van der Waals surface area contributed by atoms with Gasteiger partial charge in [0.2, 0.25) is 11.8 Å². The molecule has 0 aliphatic carbocycles. The van der Waals surface area contributed by atoms with Crippen LogP contribution in [0.1, 0.15) is 31.9 Å². The highest BCUT2D eigenvalue weighted by molar-refractivity contribution is 5.93. The zero-order chi connectivity index (χ0) is 20.0. The molecule has 0 spiro atoms. The lowest BCUT2D eigenvalue weighted by atomic mass is 10.1. The smallest absolute Gasteiger partial charge is 0.238 e. The van der Waals surface area contributed by atoms with E-state index in [1.807, 2.05) is 39.0 Å². The summed E-state index contributed by atoms with van der Waals surface area (Å²) >= 11 is 0. The van der Waals surface area contributed by atoms with E-state index in [1.165, 1.54) is 0 Å².